The van der Waals surface area contributed by atoms with E-state index in [-0.39, 0.29) is 18.4 Å². The van der Waals surface area contributed by atoms with Crippen LogP contribution < -0.4 is 0 Å². The molecule has 0 aliphatic rings. The summed E-state index contributed by atoms with van der Waals surface area (Å²) >= 11 is 0. The standard InChI is InChI=1S/C6H14O.C5H10O2/c1-3-4-5-6(2)7;1-4(2)3-5(6)7/h6-7H,3-5H2,1-2H3;4H,3H2,1-2H3,(H,6,7). The Morgan fingerprint density at radius 2 is 1.79 bits per heavy atom. The quantitative estimate of drug-likeness (QED) is 0.724. The lowest BCUT2D eigenvalue weighted by atomic mass is 10.1. The molecule has 0 saturated carbocycles. The van der Waals surface area contributed by atoms with E-state index in [0.717, 1.165) is 12.8 Å². The lowest BCUT2D eigenvalue weighted by molar-refractivity contribution is -0.137. The molecule has 3 nitrogen and oxygen atoms in total. The van der Waals surface area contributed by atoms with E-state index in [2.05, 4.69) is 6.92 Å². The van der Waals surface area contributed by atoms with Gasteiger partial charge in [-0.25, -0.2) is 0 Å². The largest absolute Gasteiger partial charge is 0.481 e. The van der Waals surface area contributed by atoms with Crippen molar-refractivity contribution in [2.75, 3.05) is 0 Å². The summed E-state index contributed by atoms with van der Waals surface area (Å²) in [5, 5.41) is 16.8. The molecule has 14 heavy (non-hydrogen) atoms. The van der Waals surface area contributed by atoms with Gasteiger partial charge in [-0.2, -0.15) is 0 Å². The monoisotopic (exact) mass is 204 g/mol. The van der Waals surface area contributed by atoms with Crippen LogP contribution in [0.25, 0.3) is 0 Å². The average Bonchev–Trinajstić information content (AvgIpc) is 1.99. The molecule has 0 heterocycles. The molecule has 0 radical (unpaired) electrons. The Morgan fingerprint density at radius 3 is 1.86 bits per heavy atom. The summed E-state index contributed by atoms with van der Waals surface area (Å²) in [6, 6.07) is 0. The summed E-state index contributed by atoms with van der Waals surface area (Å²) < 4.78 is 0. The third kappa shape index (κ3) is 22.5. The van der Waals surface area contributed by atoms with Gasteiger partial charge in [-0.05, 0) is 19.3 Å². The summed E-state index contributed by atoms with van der Waals surface area (Å²) in [5.74, 6) is -0.438. The van der Waals surface area contributed by atoms with Crippen LogP contribution in [0.2, 0.25) is 0 Å². The number of aliphatic carboxylic acids is 1. The normalized spacial score (nSPS) is 11.9. The molecule has 0 aromatic rings. The second kappa shape index (κ2) is 10.5. The zero-order valence-electron chi connectivity index (χ0n) is 9.79. The minimum Gasteiger partial charge on any atom is -0.481 e. The van der Waals surface area contributed by atoms with E-state index in [1.54, 1.807) is 0 Å². The highest BCUT2D eigenvalue weighted by Crippen LogP contribution is 1.97. The molecule has 0 rings (SSSR count). The minimum atomic E-state index is -0.713. The van der Waals surface area contributed by atoms with Crippen LogP contribution in [0.15, 0.2) is 0 Å². The first-order chi connectivity index (χ1) is 6.40. The van der Waals surface area contributed by atoms with Crippen molar-refractivity contribution >= 4 is 5.97 Å². The molecule has 0 aromatic heterocycles. The van der Waals surface area contributed by atoms with E-state index >= 15 is 0 Å². The SMILES string of the molecule is CC(C)CC(=O)O.CCCCC(C)O. The number of aliphatic hydroxyl groups is 1. The van der Waals surface area contributed by atoms with Gasteiger partial charge in [0.25, 0.3) is 0 Å². The Morgan fingerprint density at radius 1 is 1.29 bits per heavy atom. The highest BCUT2D eigenvalue weighted by molar-refractivity contribution is 5.66. The van der Waals surface area contributed by atoms with Crippen molar-refractivity contribution in [3.05, 3.63) is 0 Å². The summed E-state index contributed by atoms with van der Waals surface area (Å²) in [6.45, 7) is 7.72. The van der Waals surface area contributed by atoms with Crippen LogP contribution in [-0.2, 0) is 4.79 Å². The molecule has 0 aromatic carbocycles. The summed E-state index contributed by atoms with van der Waals surface area (Å²) in [4.78, 5) is 9.81. The van der Waals surface area contributed by atoms with Gasteiger partial charge in [-0.3, -0.25) is 4.79 Å². The maximum absolute atomic E-state index is 9.81. The number of carboxylic acid groups (broad SMARTS) is 1. The predicted octanol–water partition coefficient (Wildman–Crippen LogP) is 2.67. The second-order valence-corrected chi connectivity index (χ2v) is 3.98. The first kappa shape index (κ1) is 15.9. The molecule has 3 heteroatoms. The van der Waals surface area contributed by atoms with Crippen LogP contribution in [0.3, 0.4) is 0 Å². The van der Waals surface area contributed by atoms with Crippen molar-refractivity contribution in [1.82, 2.24) is 0 Å². The van der Waals surface area contributed by atoms with E-state index in [1.807, 2.05) is 20.8 Å². The first-order valence-corrected chi connectivity index (χ1v) is 5.30. The van der Waals surface area contributed by atoms with Crippen molar-refractivity contribution in [2.24, 2.45) is 5.92 Å². The lowest BCUT2D eigenvalue weighted by Crippen LogP contribution is -1.99. The van der Waals surface area contributed by atoms with E-state index in [4.69, 9.17) is 10.2 Å². The third-order valence-electron chi connectivity index (χ3n) is 1.56. The van der Waals surface area contributed by atoms with E-state index in [1.165, 1.54) is 6.42 Å². The molecule has 1 atom stereocenters. The van der Waals surface area contributed by atoms with Gasteiger partial charge < -0.3 is 10.2 Å². The van der Waals surface area contributed by atoms with Crippen molar-refractivity contribution in [3.8, 4) is 0 Å². The first-order valence-electron chi connectivity index (χ1n) is 5.30. The highest BCUT2D eigenvalue weighted by atomic mass is 16.4. The molecule has 0 saturated heterocycles. The molecular formula is C11H24O3. The van der Waals surface area contributed by atoms with Crippen LogP contribution in [0.1, 0.15) is 53.4 Å². The minimum absolute atomic E-state index is 0.0973. The van der Waals surface area contributed by atoms with Gasteiger partial charge in [0, 0.05) is 6.42 Å². The zero-order valence-corrected chi connectivity index (χ0v) is 9.79. The molecule has 0 bridgehead atoms. The molecular weight excluding hydrogens is 180 g/mol. The van der Waals surface area contributed by atoms with E-state index < -0.39 is 5.97 Å². The Labute approximate surface area is 87.1 Å². The van der Waals surface area contributed by atoms with Crippen molar-refractivity contribution in [1.29, 1.82) is 0 Å². The maximum Gasteiger partial charge on any atom is 0.303 e. The summed E-state index contributed by atoms with van der Waals surface area (Å²) in [5.41, 5.74) is 0. The number of unbranched alkanes of at least 4 members (excludes halogenated alkanes) is 1. The van der Waals surface area contributed by atoms with Crippen LogP contribution >= 0.6 is 0 Å². The fraction of sp³-hybridized carbons (Fsp3) is 0.909. The van der Waals surface area contributed by atoms with Crippen LogP contribution in [-0.4, -0.2) is 22.3 Å². The number of hydrogen-bond acceptors (Lipinski definition) is 2. The van der Waals surface area contributed by atoms with E-state index in [9.17, 15) is 4.79 Å². The molecule has 86 valence electrons. The van der Waals surface area contributed by atoms with E-state index in [0.29, 0.717) is 0 Å². The van der Waals surface area contributed by atoms with Gasteiger partial charge in [0.15, 0.2) is 0 Å². The van der Waals surface area contributed by atoms with Gasteiger partial charge in [-0.15, -0.1) is 0 Å². The number of rotatable bonds is 5. The Hall–Kier alpha value is -0.570. The van der Waals surface area contributed by atoms with Crippen molar-refractivity contribution in [2.45, 2.75) is 59.5 Å². The molecule has 2 N–H and O–H groups in total. The molecule has 0 fully saturated rings. The number of aliphatic hydroxyl groups excluding tert-OH is 1. The summed E-state index contributed by atoms with van der Waals surface area (Å²) in [6.07, 6.45) is 3.47. The van der Waals surface area contributed by atoms with Crippen molar-refractivity contribution in [3.63, 3.8) is 0 Å². The second-order valence-electron chi connectivity index (χ2n) is 3.98. The van der Waals surface area contributed by atoms with Gasteiger partial charge in [-0.1, -0.05) is 33.6 Å². The van der Waals surface area contributed by atoms with Crippen LogP contribution in [0, 0.1) is 5.92 Å². The average molecular weight is 204 g/mol. The predicted molar refractivity (Wildman–Crippen MR) is 58.3 cm³/mol. The maximum atomic E-state index is 9.81. The molecule has 1 unspecified atom stereocenters. The van der Waals surface area contributed by atoms with Gasteiger partial charge >= 0.3 is 5.97 Å². The molecule has 0 amide bonds. The molecule has 0 aliphatic heterocycles. The Bertz CT molecular complexity index is 130. The highest BCUT2D eigenvalue weighted by Gasteiger charge is 1.98. The van der Waals surface area contributed by atoms with Crippen LogP contribution in [0.5, 0.6) is 0 Å². The molecule has 0 spiro atoms. The fourth-order valence-corrected chi connectivity index (χ4v) is 0.849. The zero-order chi connectivity index (χ0) is 11.6. The summed E-state index contributed by atoms with van der Waals surface area (Å²) in [7, 11) is 0. The lowest BCUT2D eigenvalue weighted by Gasteiger charge is -1.98. The Kier molecular flexibility index (Phi) is 11.9. The fourth-order valence-electron chi connectivity index (χ4n) is 0.849. The van der Waals surface area contributed by atoms with Gasteiger partial charge in [0.1, 0.15) is 0 Å². The molecule has 0 aliphatic carbocycles. The van der Waals surface area contributed by atoms with Crippen LogP contribution in [0.4, 0.5) is 0 Å². The van der Waals surface area contributed by atoms with Gasteiger partial charge in [0.2, 0.25) is 0 Å². The number of carboxylic acids is 1. The number of carbonyl (C=O) groups is 1. The smallest absolute Gasteiger partial charge is 0.303 e. The number of hydrogen-bond donors (Lipinski definition) is 2. The Balaban J connectivity index is 0. The third-order valence-corrected chi connectivity index (χ3v) is 1.56. The topological polar surface area (TPSA) is 57.5 Å². The van der Waals surface area contributed by atoms with Crippen molar-refractivity contribution < 1.29 is 15.0 Å². The van der Waals surface area contributed by atoms with Gasteiger partial charge in [0.05, 0.1) is 6.10 Å².